The first kappa shape index (κ1) is 23.1. The lowest BCUT2D eigenvalue weighted by molar-refractivity contribution is 0.241. The lowest BCUT2D eigenvalue weighted by atomic mass is 10.2. The Balaban J connectivity index is 1.54. The second kappa shape index (κ2) is 9.79. The van der Waals surface area contributed by atoms with Gasteiger partial charge >= 0.3 is 0 Å². The van der Waals surface area contributed by atoms with Gasteiger partial charge in [0, 0.05) is 49.3 Å². The molecule has 0 radical (unpaired) electrons. The number of halogens is 3. The average molecular weight is 496 g/mol. The number of benzene rings is 2. The molecule has 2 heterocycles. The Labute approximate surface area is 202 Å². The molecule has 3 aromatic rings. The molecule has 0 saturated carbocycles. The maximum absolute atomic E-state index is 13.0. The fourth-order valence-electron chi connectivity index (χ4n) is 4.15. The smallest absolute Gasteiger partial charge is 0.290 e. The van der Waals surface area contributed by atoms with Gasteiger partial charge in [0.15, 0.2) is 0 Å². The molecule has 1 aromatic heterocycles. The minimum Gasteiger partial charge on any atom is -0.495 e. The van der Waals surface area contributed by atoms with Crippen LogP contribution in [0.25, 0.3) is 5.69 Å². The minimum absolute atomic E-state index is 0.215. The van der Waals surface area contributed by atoms with Gasteiger partial charge in [-0.15, -0.1) is 0 Å². The lowest BCUT2D eigenvalue weighted by Gasteiger charge is -2.36. The third kappa shape index (κ3) is 4.50. The molecule has 0 spiro atoms. The van der Waals surface area contributed by atoms with Crippen LogP contribution >= 0.6 is 34.8 Å². The van der Waals surface area contributed by atoms with Crippen molar-refractivity contribution in [3.8, 4) is 11.4 Å². The van der Waals surface area contributed by atoms with Gasteiger partial charge in [0.2, 0.25) is 0 Å². The van der Waals surface area contributed by atoms with E-state index in [9.17, 15) is 4.79 Å². The molecule has 32 heavy (non-hydrogen) atoms. The van der Waals surface area contributed by atoms with Gasteiger partial charge in [-0.05, 0) is 49.4 Å². The van der Waals surface area contributed by atoms with Crippen LogP contribution in [0.4, 0.5) is 5.69 Å². The number of hydrogen-bond acceptors (Lipinski definition) is 4. The molecular weight excluding hydrogens is 471 g/mol. The third-order valence-electron chi connectivity index (χ3n) is 5.78. The molecule has 0 atom stereocenters. The number of aromatic nitrogens is 2. The van der Waals surface area contributed by atoms with Crippen molar-refractivity contribution < 1.29 is 4.74 Å². The molecule has 1 fully saturated rings. The number of anilines is 1. The van der Waals surface area contributed by atoms with Gasteiger partial charge in [-0.25, -0.2) is 4.68 Å². The van der Waals surface area contributed by atoms with E-state index in [0.29, 0.717) is 23.1 Å². The summed E-state index contributed by atoms with van der Waals surface area (Å²) in [7, 11) is 1.67. The predicted octanol–water partition coefficient (Wildman–Crippen LogP) is 4.95. The number of ether oxygens (including phenoxy) is 1. The molecule has 170 valence electrons. The number of piperazine rings is 1. The summed E-state index contributed by atoms with van der Waals surface area (Å²) >= 11 is 18.8. The van der Waals surface area contributed by atoms with E-state index < -0.39 is 0 Å². The Morgan fingerprint density at radius 1 is 0.938 bits per heavy atom. The summed E-state index contributed by atoms with van der Waals surface area (Å²) < 4.78 is 9.08. The van der Waals surface area contributed by atoms with Crippen molar-refractivity contribution in [3.63, 3.8) is 0 Å². The third-order valence-corrected chi connectivity index (χ3v) is 6.65. The molecule has 0 amide bonds. The van der Waals surface area contributed by atoms with E-state index in [-0.39, 0.29) is 10.6 Å². The Morgan fingerprint density at radius 3 is 2.22 bits per heavy atom. The first-order valence-corrected chi connectivity index (χ1v) is 11.6. The molecular formula is C23H25Cl3N4O2. The van der Waals surface area contributed by atoms with Crippen molar-refractivity contribution in [2.75, 3.05) is 38.2 Å². The summed E-state index contributed by atoms with van der Waals surface area (Å²) in [4.78, 5) is 17.5. The van der Waals surface area contributed by atoms with Crippen LogP contribution < -0.4 is 15.2 Å². The highest BCUT2D eigenvalue weighted by Crippen LogP contribution is 2.32. The number of hydrogen-bond donors (Lipinski definition) is 0. The van der Waals surface area contributed by atoms with Crippen molar-refractivity contribution in [1.29, 1.82) is 0 Å². The van der Waals surface area contributed by atoms with E-state index in [1.165, 1.54) is 0 Å². The highest BCUT2D eigenvalue weighted by Gasteiger charge is 2.24. The topological polar surface area (TPSA) is 42.6 Å². The molecule has 2 aromatic carbocycles. The fourth-order valence-corrected chi connectivity index (χ4v) is 4.68. The maximum Gasteiger partial charge on any atom is 0.290 e. The van der Waals surface area contributed by atoms with E-state index >= 15 is 0 Å². The van der Waals surface area contributed by atoms with Crippen LogP contribution in [0.15, 0.2) is 47.3 Å². The largest absolute Gasteiger partial charge is 0.495 e. The summed E-state index contributed by atoms with van der Waals surface area (Å²) in [5.74, 6) is 0.811. The minimum atomic E-state index is -0.215. The van der Waals surface area contributed by atoms with Crippen molar-refractivity contribution in [3.05, 3.63) is 73.6 Å². The van der Waals surface area contributed by atoms with Crippen molar-refractivity contribution >= 4 is 40.5 Å². The van der Waals surface area contributed by atoms with Crippen molar-refractivity contribution in [2.24, 2.45) is 0 Å². The van der Waals surface area contributed by atoms with Gasteiger partial charge in [0.25, 0.3) is 5.56 Å². The van der Waals surface area contributed by atoms with Gasteiger partial charge in [0.1, 0.15) is 10.8 Å². The molecule has 4 rings (SSSR count). The van der Waals surface area contributed by atoms with Crippen LogP contribution in [0.3, 0.4) is 0 Å². The zero-order valence-corrected chi connectivity index (χ0v) is 20.3. The molecule has 0 bridgehead atoms. The summed E-state index contributed by atoms with van der Waals surface area (Å²) in [5, 5.41) is 1.57. The van der Waals surface area contributed by atoms with Crippen LogP contribution in [0, 0.1) is 0 Å². The Kier molecular flexibility index (Phi) is 7.05. The van der Waals surface area contributed by atoms with Crippen molar-refractivity contribution in [1.82, 2.24) is 14.3 Å². The van der Waals surface area contributed by atoms with E-state index in [1.54, 1.807) is 23.9 Å². The van der Waals surface area contributed by atoms with Crippen LogP contribution in [-0.4, -0.2) is 47.6 Å². The summed E-state index contributed by atoms with van der Waals surface area (Å²) in [6.45, 7) is 6.54. The van der Waals surface area contributed by atoms with Gasteiger partial charge in [-0.1, -0.05) is 34.8 Å². The first-order chi connectivity index (χ1) is 15.4. The Hall–Kier alpha value is -2.12. The first-order valence-electron chi connectivity index (χ1n) is 10.5. The van der Waals surface area contributed by atoms with Crippen molar-refractivity contribution in [2.45, 2.75) is 20.0 Å². The normalized spacial score (nSPS) is 14.7. The predicted molar refractivity (Wildman–Crippen MR) is 131 cm³/mol. The molecule has 0 aliphatic carbocycles. The van der Waals surface area contributed by atoms with Gasteiger partial charge in [0.05, 0.1) is 24.2 Å². The Morgan fingerprint density at radius 2 is 1.59 bits per heavy atom. The standard InChI is InChI=1S/C23H25Cl3N4O2/c1-3-29-20(22(26)23(31)30(29)18-7-4-16(24)5-8-18)15-27-10-12-28(13-11-27)19-14-17(25)6-9-21(19)32-2/h4-9,14H,3,10-13,15H2,1-2H3. The number of nitrogens with zero attached hydrogens (tertiary/aromatic N) is 4. The second-order valence-corrected chi connectivity index (χ2v) is 8.90. The average Bonchev–Trinajstić information content (AvgIpc) is 3.04. The van der Waals surface area contributed by atoms with Crippen LogP contribution in [0.1, 0.15) is 12.6 Å². The van der Waals surface area contributed by atoms with E-state index in [4.69, 9.17) is 39.5 Å². The summed E-state index contributed by atoms with van der Waals surface area (Å²) in [5.41, 5.74) is 2.35. The second-order valence-electron chi connectivity index (χ2n) is 7.65. The highest BCUT2D eigenvalue weighted by atomic mass is 35.5. The molecule has 1 aliphatic rings. The summed E-state index contributed by atoms with van der Waals surface area (Å²) in [6, 6.07) is 12.9. The van der Waals surface area contributed by atoms with Gasteiger partial charge in [-0.2, -0.15) is 0 Å². The van der Waals surface area contributed by atoms with Crippen LogP contribution in [0.5, 0.6) is 5.75 Å². The molecule has 9 heteroatoms. The number of rotatable bonds is 6. The van der Waals surface area contributed by atoms with E-state index in [0.717, 1.165) is 49.0 Å². The molecule has 1 aliphatic heterocycles. The zero-order valence-electron chi connectivity index (χ0n) is 18.0. The maximum atomic E-state index is 13.0. The summed E-state index contributed by atoms with van der Waals surface area (Å²) in [6.07, 6.45) is 0. The van der Waals surface area contributed by atoms with E-state index in [1.807, 2.05) is 41.9 Å². The highest BCUT2D eigenvalue weighted by molar-refractivity contribution is 6.31. The monoisotopic (exact) mass is 494 g/mol. The zero-order chi connectivity index (χ0) is 22.8. The molecule has 6 nitrogen and oxygen atoms in total. The number of methoxy groups -OCH3 is 1. The quantitative estimate of drug-likeness (QED) is 0.485. The molecule has 0 N–H and O–H groups in total. The van der Waals surface area contributed by atoms with E-state index in [2.05, 4.69) is 9.80 Å². The van der Waals surface area contributed by atoms with Gasteiger partial charge in [-0.3, -0.25) is 14.4 Å². The molecule has 1 saturated heterocycles. The lowest BCUT2D eigenvalue weighted by Crippen LogP contribution is -2.46. The van der Waals surface area contributed by atoms with Crippen LogP contribution in [-0.2, 0) is 13.1 Å². The SMILES string of the molecule is CCn1c(CN2CCN(c3cc(Cl)ccc3OC)CC2)c(Cl)c(=O)n1-c1ccc(Cl)cc1. The molecule has 0 unspecified atom stereocenters. The van der Waals surface area contributed by atoms with Gasteiger partial charge < -0.3 is 9.64 Å². The van der Waals surface area contributed by atoms with Crippen LogP contribution in [0.2, 0.25) is 15.1 Å². The fraction of sp³-hybridized carbons (Fsp3) is 0.348. The Bertz CT molecular complexity index is 1150.